The van der Waals surface area contributed by atoms with E-state index in [1.807, 2.05) is 12.1 Å². The van der Waals surface area contributed by atoms with Crippen molar-refractivity contribution < 1.29 is 4.39 Å². The van der Waals surface area contributed by atoms with Gasteiger partial charge in [-0.2, -0.15) is 0 Å². The van der Waals surface area contributed by atoms with Crippen LogP contribution in [0.5, 0.6) is 0 Å². The molecule has 0 spiro atoms. The van der Waals surface area contributed by atoms with E-state index in [0.29, 0.717) is 5.92 Å². The number of rotatable bonds is 3. The van der Waals surface area contributed by atoms with Crippen molar-refractivity contribution in [1.29, 1.82) is 0 Å². The van der Waals surface area contributed by atoms with Gasteiger partial charge in [0.1, 0.15) is 11.6 Å². The first-order valence-electron chi connectivity index (χ1n) is 9.65. The van der Waals surface area contributed by atoms with Crippen molar-refractivity contribution in [3.05, 3.63) is 54.2 Å². The molecule has 6 heteroatoms. The molecular formula is C21H22FN5. The third-order valence-corrected chi connectivity index (χ3v) is 5.59. The maximum absolute atomic E-state index is 13.3. The first-order chi connectivity index (χ1) is 13.3. The average Bonchev–Trinajstić information content (AvgIpc) is 2.68. The van der Waals surface area contributed by atoms with Gasteiger partial charge in [0, 0.05) is 49.9 Å². The van der Waals surface area contributed by atoms with Gasteiger partial charge in [0.15, 0.2) is 5.82 Å². The molecule has 2 aliphatic heterocycles. The fraction of sp³-hybridized carbons (Fsp3) is 0.381. The maximum Gasteiger partial charge on any atom is 0.150 e. The van der Waals surface area contributed by atoms with Crippen molar-refractivity contribution in [2.45, 2.75) is 25.2 Å². The second-order valence-electron chi connectivity index (χ2n) is 7.42. The molecule has 2 saturated heterocycles. The van der Waals surface area contributed by atoms with E-state index in [1.54, 1.807) is 18.5 Å². The summed E-state index contributed by atoms with van der Waals surface area (Å²) in [6.45, 7) is 3.92. The number of anilines is 2. The summed E-state index contributed by atoms with van der Waals surface area (Å²) in [5, 5.41) is 0.831. The maximum atomic E-state index is 13.3. The summed E-state index contributed by atoms with van der Waals surface area (Å²) >= 11 is 0. The van der Waals surface area contributed by atoms with Crippen LogP contribution >= 0.6 is 0 Å². The number of hydrogen-bond acceptors (Lipinski definition) is 5. The summed E-state index contributed by atoms with van der Waals surface area (Å²) < 4.78 is 13.3. The summed E-state index contributed by atoms with van der Waals surface area (Å²) in [5.41, 5.74) is 1.93. The lowest BCUT2D eigenvalue weighted by molar-refractivity contribution is 0.501. The lowest BCUT2D eigenvalue weighted by atomic mass is 9.95. The molecule has 2 aromatic heterocycles. The summed E-state index contributed by atoms with van der Waals surface area (Å²) in [6.07, 6.45) is 7.37. The van der Waals surface area contributed by atoms with Crippen molar-refractivity contribution in [3.8, 4) is 0 Å². The second-order valence-corrected chi connectivity index (χ2v) is 7.42. The van der Waals surface area contributed by atoms with E-state index in [-0.39, 0.29) is 5.82 Å². The van der Waals surface area contributed by atoms with Gasteiger partial charge < -0.3 is 9.80 Å². The molecule has 0 amide bonds. The predicted octanol–water partition coefficient (Wildman–Crippen LogP) is 3.76. The fourth-order valence-corrected chi connectivity index (χ4v) is 4.08. The van der Waals surface area contributed by atoms with Gasteiger partial charge in [0.05, 0.1) is 11.2 Å². The first kappa shape index (κ1) is 16.4. The molecule has 5 nitrogen and oxygen atoms in total. The van der Waals surface area contributed by atoms with E-state index in [4.69, 9.17) is 4.98 Å². The van der Waals surface area contributed by atoms with Gasteiger partial charge in [-0.15, -0.1) is 0 Å². The van der Waals surface area contributed by atoms with Gasteiger partial charge >= 0.3 is 0 Å². The summed E-state index contributed by atoms with van der Waals surface area (Å²) in [7, 11) is 0. The Bertz CT molecular complexity index is 964. The summed E-state index contributed by atoms with van der Waals surface area (Å²) in [6, 6.07) is 8.64. The Hall–Kier alpha value is -2.76. The van der Waals surface area contributed by atoms with E-state index >= 15 is 0 Å². The van der Waals surface area contributed by atoms with Crippen LogP contribution in [0.25, 0.3) is 10.9 Å². The molecule has 3 aromatic rings. The van der Waals surface area contributed by atoms with E-state index in [9.17, 15) is 4.39 Å². The fourth-order valence-electron chi connectivity index (χ4n) is 4.08. The Kier molecular flexibility index (Phi) is 4.11. The van der Waals surface area contributed by atoms with Gasteiger partial charge in [0.25, 0.3) is 0 Å². The number of benzene rings is 1. The van der Waals surface area contributed by atoms with Crippen LogP contribution in [0.3, 0.4) is 0 Å². The first-order valence-corrected chi connectivity index (χ1v) is 9.65. The average molecular weight is 363 g/mol. The highest BCUT2D eigenvalue weighted by atomic mass is 19.1. The zero-order chi connectivity index (χ0) is 18.2. The van der Waals surface area contributed by atoms with Crippen LogP contribution in [0.4, 0.5) is 16.0 Å². The van der Waals surface area contributed by atoms with Crippen molar-refractivity contribution in [2.75, 3.05) is 36.0 Å². The molecule has 1 aromatic carbocycles. The van der Waals surface area contributed by atoms with Crippen LogP contribution in [-0.2, 0) is 0 Å². The van der Waals surface area contributed by atoms with Crippen molar-refractivity contribution in [2.24, 2.45) is 0 Å². The monoisotopic (exact) mass is 363 g/mol. The van der Waals surface area contributed by atoms with E-state index < -0.39 is 0 Å². The van der Waals surface area contributed by atoms with Gasteiger partial charge in [0.2, 0.25) is 0 Å². The lowest BCUT2D eigenvalue weighted by Crippen LogP contribution is -2.46. The molecule has 0 radical (unpaired) electrons. The normalized spacial score (nSPS) is 18.0. The highest BCUT2D eigenvalue weighted by molar-refractivity contribution is 5.80. The quantitative estimate of drug-likeness (QED) is 0.709. The third kappa shape index (κ3) is 3.09. The SMILES string of the molecule is Fc1ccc2nc(N3CC(c4nccnc4N4CCCCC4)C3)ccc2c1. The molecular weight excluding hydrogens is 341 g/mol. The lowest BCUT2D eigenvalue weighted by Gasteiger charge is -2.41. The molecule has 4 heterocycles. The highest BCUT2D eigenvalue weighted by Crippen LogP contribution is 2.34. The van der Waals surface area contributed by atoms with E-state index in [0.717, 1.165) is 54.4 Å². The molecule has 0 unspecified atom stereocenters. The van der Waals surface area contributed by atoms with Crippen LogP contribution in [-0.4, -0.2) is 41.1 Å². The molecule has 0 N–H and O–H groups in total. The number of nitrogens with zero attached hydrogens (tertiary/aromatic N) is 5. The van der Waals surface area contributed by atoms with Gasteiger partial charge in [-0.05, 0) is 49.6 Å². The van der Waals surface area contributed by atoms with Crippen LogP contribution in [0.2, 0.25) is 0 Å². The highest BCUT2D eigenvalue weighted by Gasteiger charge is 2.33. The number of piperidine rings is 1. The Labute approximate surface area is 157 Å². The Morgan fingerprint density at radius 2 is 1.70 bits per heavy atom. The molecule has 0 saturated carbocycles. The zero-order valence-corrected chi connectivity index (χ0v) is 15.2. The minimum absolute atomic E-state index is 0.228. The summed E-state index contributed by atoms with van der Waals surface area (Å²) in [4.78, 5) is 18.6. The number of aromatic nitrogens is 3. The minimum atomic E-state index is -0.228. The Balaban J connectivity index is 1.34. The molecule has 0 aliphatic carbocycles. The van der Waals surface area contributed by atoms with Crippen molar-refractivity contribution in [1.82, 2.24) is 15.0 Å². The third-order valence-electron chi connectivity index (χ3n) is 5.59. The van der Waals surface area contributed by atoms with Gasteiger partial charge in [-0.25, -0.2) is 14.4 Å². The molecule has 138 valence electrons. The molecule has 0 bridgehead atoms. The van der Waals surface area contributed by atoms with E-state index in [2.05, 4.69) is 19.8 Å². The summed E-state index contributed by atoms with van der Waals surface area (Å²) in [5.74, 6) is 2.15. The van der Waals surface area contributed by atoms with Crippen molar-refractivity contribution >= 4 is 22.5 Å². The molecule has 2 fully saturated rings. The topological polar surface area (TPSA) is 45.2 Å². The largest absolute Gasteiger partial charge is 0.355 e. The van der Waals surface area contributed by atoms with Crippen LogP contribution in [0.1, 0.15) is 30.9 Å². The number of fused-ring (bicyclic) bond motifs is 1. The van der Waals surface area contributed by atoms with Crippen molar-refractivity contribution in [3.63, 3.8) is 0 Å². The van der Waals surface area contributed by atoms with Crippen LogP contribution in [0.15, 0.2) is 42.7 Å². The number of halogens is 1. The smallest absolute Gasteiger partial charge is 0.150 e. The zero-order valence-electron chi connectivity index (χ0n) is 15.2. The second kappa shape index (κ2) is 6.76. The van der Waals surface area contributed by atoms with Gasteiger partial charge in [-0.3, -0.25) is 4.98 Å². The minimum Gasteiger partial charge on any atom is -0.355 e. The standard InChI is InChI=1S/C21H22FN5/c22-17-5-6-18-15(12-17)4-7-19(25-18)27-13-16(14-27)20-21(24-9-8-23-20)26-10-2-1-3-11-26/h4-9,12,16H,1-3,10-11,13-14H2. The molecule has 2 aliphatic rings. The van der Waals surface area contributed by atoms with Gasteiger partial charge in [-0.1, -0.05) is 0 Å². The van der Waals surface area contributed by atoms with Crippen LogP contribution in [0, 0.1) is 5.82 Å². The predicted molar refractivity (Wildman–Crippen MR) is 105 cm³/mol. The Morgan fingerprint density at radius 1 is 0.889 bits per heavy atom. The molecule has 0 atom stereocenters. The van der Waals surface area contributed by atoms with E-state index in [1.165, 1.54) is 31.4 Å². The Morgan fingerprint density at radius 3 is 2.56 bits per heavy atom. The molecule has 5 rings (SSSR count). The number of hydrogen-bond donors (Lipinski definition) is 0. The molecule has 27 heavy (non-hydrogen) atoms. The number of pyridine rings is 1. The van der Waals surface area contributed by atoms with Crippen LogP contribution < -0.4 is 9.80 Å².